The van der Waals surface area contributed by atoms with Crippen molar-refractivity contribution >= 4 is 44.9 Å². The first-order valence-electron chi connectivity index (χ1n) is 17.8. The van der Waals surface area contributed by atoms with E-state index >= 15 is 0 Å². The monoisotopic (exact) mass is 630 g/mol. The summed E-state index contributed by atoms with van der Waals surface area (Å²) in [5, 5.41) is 2.53. The fraction of sp³-hybridized carbons (Fsp3) is 0.149. The Balaban J connectivity index is 1.25. The van der Waals surface area contributed by atoms with Gasteiger partial charge in [0, 0.05) is 28.2 Å². The Morgan fingerprint density at radius 2 is 0.837 bits per heavy atom. The van der Waals surface area contributed by atoms with Gasteiger partial charge in [0.2, 0.25) is 0 Å². The molecule has 3 aliphatic carbocycles. The van der Waals surface area contributed by atoms with Crippen molar-refractivity contribution < 1.29 is 0 Å². The minimum absolute atomic E-state index is 0.0659. The lowest BCUT2D eigenvalue weighted by Gasteiger charge is -2.40. The number of benzene rings is 7. The van der Waals surface area contributed by atoms with Crippen molar-refractivity contribution in [2.24, 2.45) is 11.8 Å². The van der Waals surface area contributed by atoms with E-state index < -0.39 is 0 Å². The highest BCUT2D eigenvalue weighted by Gasteiger charge is 2.62. The number of nitrogens with zero attached hydrogens (tertiary/aromatic N) is 2. The summed E-state index contributed by atoms with van der Waals surface area (Å²) >= 11 is 0. The second-order valence-corrected chi connectivity index (χ2v) is 14.1. The van der Waals surface area contributed by atoms with Crippen LogP contribution in [0.15, 0.2) is 170 Å². The maximum Gasteiger partial charge on any atom is 0.0505 e. The lowest BCUT2D eigenvalue weighted by atomic mass is 9.68. The second kappa shape index (κ2) is 11.2. The highest BCUT2D eigenvalue weighted by Crippen LogP contribution is 2.68. The smallest absolute Gasteiger partial charge is 0.0505 e. The second-order valence-electron chi connectivity index (χ2n) is 14.1. The van der Waals surface area contributed by atoms with E-state index in [2.05, 4.69) is 180 Å². The van der Waals surface area contributed by atoms with E-state index in [0.717, 1.165) is 12.8 Å². The van der Waals surface area contributed by atoms with Gasteiger partial charge < -0.3 is 9.80 Å². The maximum atomic E-state index is 2.55. The number of anilines is 6. The lowest BCUT2D eigenvalue weighted by molar-refractivity contribution is 0.350. The molecule has 2 heteroatoms. The molecule has 3 atom stereocenters. The van der Waals surface area contributed by atoms with Crippen LogP contribution in [0.4, 0.5) is 34.1 Å². The quantitative estimate of drug-likeness (QED) is 0.180. The van der Waals surface area contributed by atoms with E-state index in [9.17, 15) is 0 Å². The minimum Gasteiger partial charge on any atom is -0.310 e. The van der Waals surface area contributed by atoms with Gasteiger partial charge in [-0.05, 0) is 131 Å². The molecule has 7 aromatic carbocycles. The highest BCUT2D eigenvalue weighted by atomic mass is 15.2. The fourth-order valence-corrected chi connectivity index (χ4v) is 9.93. The van der Waals surface area contributed by atoms with Gasteiger partial charge in [0.25, 0.3) is 0 Å². The average Bonchev–Trinajstić information content (AvgIpc) is 3.79. The fourth-order valence-electron chi connectivity index (χ4n) is 9.93. The molecule has 0 saturated heterocycles. The Labute approximate surface area is 288 Å². The summed E-state index contributed by atoms with van der Waals surface area (Å²) in [6.45, 7) is 0. The van der Waals surface area contributed by atoms with Gasteiger partial charge in [0.15, 0.2) is 0 Å². The Hall–Kier alpha value is -5.60. The molecule has 0 amide bonds. The third-order valence-corrected chi connectivity index (χ3v) is 11.7. The number of hydrogen-bond donors (Lipinski definition) is 0. The summed E-state index contributed by atoms with van der Waals surface area (Å²) in [7, 11) is 0. The molecular weight excluding hydrogens is 593 g/mol. The lowest BCUT2D eigenvalue weighted by Crippen LogP contribution is -2.34. The average molecular weight is 631 g/mol. The van der Waals surface area contributed by atoms with Crippen LogP contribution in [-0.4, -0.2) is 0 Å². The van der Waals surface area contributed by atoms with Gasteiger partial charge in [-0.15, -0.1) is 0 Å². The van der Waals surface area contributed by atoms with Crippen molar-refractivity contribution in [1.29, 1.82) is 0 Å². The number of hydrogen-bond acceptors (Lipinski definition) is 2. The zero-order chi connectivity index (χ0) is 32.4. The minimum atomic E-state index is -0.0659. The predicted molar refractivity (Wildman–Crippen MR) is 204 cm³/mol. The highest BCUT2D eigenvalue weighted by molar-refractivity contribution is 5.91. The van der Waals surface area contributed by atoms with E-state index in [0.29, 0.717) is 11.8 Å². The van der Waals surface area contributed by atoms with Crippen LogP contribution in [0.3, 0.4) is 0 Å². The molecule has 2 nitrogen and oxygen atoms in total. The van der Waals surface area contributed by atoms with Gasteiger partial charge in [0.1, 0.15) is 0 Å². The van der Waals surface area contributed by atoms with E-state index in [1.807, 2.05) is 0 Å². The molecule has 1 saturated carbocycles. The first-order valence-corrected chi connectivity index (χ1v) is 17.8. The van der Waals surface area contributed by atoms with Crippen LogP contribution in [0.2, 0.25) is 0 Å². The van der Waals surface area contributed by atoms with Gasteiger partial charge in [-0.2, -0.15) is 0 Å². The summed E-state index contributed by atoms with van der Waals surface area (Å²) in [6, 6.07) is 62.9. The molecule has 10 rings (SSSR count). The normalized spacial score (nSPS) is 20.0. The summed E-state index contributed by atoms with van der Waals surface area (Å²) < 4.78 is 0. The zero-order valence-corrected chi connectivity index (χ0v) is 27.5. The summed E-state index contributed by atoms with van der Waals surface area (Å²) in [5.41, 5.74) is 13.5. The molecule has 0 aliphatic heterocycles. The van der Waals surface area contributed by atoms with Crippen molar-refractivity contribution in [3.63, 3.8) is 0 Å². The van der Waals surface area contributed by atoms with E-state index in [4.69, 9.17) is 0 Å². The van der Waals surface area contributed by atoms with Crippen molar-refractivity contribution in [1.82, 2.24) is 0 Å². The van der Waals surface area contributed by atoms with Crippen molar-refractivity contribution in [2.45, 2.75) is 31.1 Å². The summed E-state index contributed by atoms with van der Waals surface area (Å²) in [6.07, 6.45) is 4.80. The molecule has 0 bridgehead atoms. The van der Waals surface area contributed by atoms with Crippen LogP contribution >= 0.6 is 0 Å². The Morgan fingerprint density at radius 1 is 0.388 bits per heavy atom. The molecule has 7 aromatic rings. The van der Waals surface area contributed by atoms with Crippen LogP contribution < -0.4 is 9.80 Å². The van der Waals surface area contributed by atoms with Crippen molar-refractivity contribution in [3.8, 4) is 0 Å². The molecule has 0 aromatic heterocycles. The van der Waals surface area contributed by atoms with Crippen molar-refractivity contribution in [3.05, 3.63) is 192 Å². The molecule has 0 heterocycles. The molecule has 236 valence electrons. The van der Waals surface area contributed by atoms with Gasteiger partial charge in [-0.25, -0.2) is 0 Å². The molecule has 1 spiro atoms. The Bertz CT molecular complexity index is 2270. The van der Waals surface area contributed by atoms with Gasteiger partial charge in [0.05, 0.1) is 11.4 Å². The number of rotatable bonds is 6. The third kappa shape index (κ3) is 4.26. The van der Waals surface area contributed by atoms with Gasteiger partial charge in [-0.3, -0.25) is 0 Å². The Kier molecular flexibility index (Phi) is 6.52. The Morgan fingerprint density at radius 3 is 1.35 bits per heavy atom. The largest absolute Gasteiger partial charge is 0.310 e. The van der Waals surface area contributed by atoms with Crippen LogP contribution in [0.25, 0.3) is 10.8 Å². The number of para-hydroxylation sites is 3. The van der Waals surface area contributed by atoms with Gasteiger partial charge in [-0.1, -0.05) is 109 Å². The standard InChI is InChI=1S/C47H38N2/c1-4-18-39(19-5-1)48(40-20-6-2-7-21-40)43-24-12-16-35-30-37-27-28-38-31-36-17-13-25-44(46(36)47(37,38)45(35)43)49(41-22-8-3-9-23-41)42-29-26-33-14-10-11-15-34(33)32-42/h1-26,29,32,37-38H,27-28,30-31H2. The molecule has 49 heavy (non-hydrogen) atoms. The van der Waals surface area contributed by atoms with Gasteiger partial charge >= 0.3 is 0 Å². The summed E-state index contributed by atoms with van der Waals surface area (Å²) in [4.78, 5) is 5.06. The van der Waals surface area contributed by atoms with Crippen LogP contribution in [0.1, 0.15) is 35.1 Å². The zero-order valence-electron chi connectivity index (χ0n) is 27.5. The van der Waals surface area contributed by atoms with Crippen LogP contribution in [0, 0.1) is 11.8 Å². The molecular formula is C47H38N2. The molecule has 0 N–H and O–H groups in total. The van der Waals surface area contributed by atoms with E-state index in [-0.39, 0.29) is 5.41 Å². The van der Waals surface area contributed by atoms with Crippen LogP contribution in [-0.2, 0) is 18.3 Å². The molecule has 0 radical (unpaired) electrons. The number of fused-ring (bicyclic) bond motifs is 3. The topological polar surface area (TPSA) is 6.48 Å². The van der Waals surface area contributed by atoms with Crippen LogP contribution in [0.5, 0.6) is 0 Å². The molecule has 1 fully saturated rings. The predicted octanol–water partition coefficient (Wildman–Crippen LogP) is 12.2. The SMILES string of the molecule is c1ccc(N(c2ccccc2)c2cccc3c2C24c5c(cccc5N(c5ccccc5)c5ccc6ccccc6c5)CC2CCC4C3)cc1. The first-order chi connectivity index (χ1) is 24.3. The molecule has 3 unspecified atom stereocenters. The first kappa shape index (κ1) is 28.4. The van der Waals surface area contributed by atoms with E-state index in [1.54, 1.807) is 11.1 Å². The van der Waals surface area contributed by atoms with Crippen molar-refractivity contribution in [2.75, 3.05) is 9.80 Å². The summed E-state index contributed by atoms with van der Waals surface area (Å²) in [5.74, 6) is 1.14. The maximum absolute atomic E-state index is 2.55. The third-order valence-electron chi connectivity index (χ3n) is 11.7. The molecule has 3 aliphatic rings. The van der Waals surface area contributed by atoms with E-state index in [1.165, 1.54) is 68.9 Å².